The van der Waals surface area contributed by atoms with E-state index in [1.54, 1.807) is 12.1 Å². The summed E-state index contributed by atoms with van der Waals surface area (Å²) in [6.07, 6.45) is 5.16. The lowest BCUT2D eigenvalue weighted by Crippen LogP contribution is -2.50. The molecule has 1 aromatic rings. The van der Waals surface area contributed by atoms with Crippen molar-refractivity contribution in [3.63, 3.8) is 0 Å². The number of nitrogens with zero attached hydrogens (tertiary/aromatic N) is 1. The molecule has 0 aliphatic carbocycles. The van der Waals surface area contributed by atoms with E-state index in [0.29, 0.717) is 5.41 Å². The quantitative estimate of drug-likeness (QED) is 0.774. The molecule has 0 bridgehead atoms. The van der Waals surface area contributed by atoms with Crippen LogP contribution in [0, 0.1) is 5.41 Å². The van der Waals surface area contributed by atoms with E-state index < -0.39 is 0 Å². The fraction of sp³-hybridized carbons (Fsp3) is 0.625. The lowest BCUT2D eigenvalue weighted by Gasteiger charge is -2.45. The molecule has 20 heavy (non-hydrogen) atoms. The SMILES string of the molecule is Oc1cc(O)cc(CN2CCCC3(CCCNC3)C2)c1. The minimum absolute atomic E-state index is 0.144. The molecule has 1 atom stereocenters. The van der Waals surface area contributed by atoms with Gasteiger partial charge in [-0.05, 0) is 61.9 Å². The monoisotopic (exact) mass is 276 g/mol. The van der Waals surface area contributed by atoms with Crippen LogP contribution in [-0.4, -0.2) is 41.3 Å². The van der Waals surface area contributed by atoms with Gasteiger partial charge in [0.15, 0.2) is 0 Å². The van der Waals surface area contributed by atoms with E-state index in [1.807, 2.05) is 0 Å². The average Bonchev–Trinajstić information content (AvgIpc) is 2.38. The maximum absolute atomic E-state index is 9.58. The van der Waals surface area contributed by atoms with Crippen molar-refractivity contribution in [1.82, 2.24) is 10.2 Å². The molecule has 4 nitrogen and oxygen atoms in total. The number of rotatable bonds is 2. The molecule has 0 saturated carbocycles. The Kier molecular flexibility index (Phi) is 3.85. The number of hydrogen-bond donors (Lipinski definition) is 3. The van der Waals surface area contributed by atoms with Crippen LogP contribution in [0.2, 0.25) is 0 Å². The Bertz CT molecular complexity index is 444. The molecule has 3 N–H and O–H groups in total. The zero-order valence-corrected chi connectivity index (χ0v) is 11.9. The second kappa shape index (κ2) is 5.62. The summed E-state index contributed by atoms with van der Waals surface area (Å²) in [6, 6.07) is 4.88. The smallest absolute Gasteiger partial charge is 0.119 e. The minimum Gasteiger partial charge on any atom is -0.508 e. The highest BCUT2D eigenvalue weighted by Crippen LogP contribution is 2.36. The van der Waals surface area contributed by atoms with E-state index in [4.69, 9.17) is 0 Å². The van der Waals surface area contributed by atoms with Gasteiger partial charge in [-0.25, -0.2) is 0 Å². The van der Waals surface area contributed by atoms with Gasteiger partial charge >= 0.3 is 0 Å². The van der Waals surface area contributed by atoms with E-state index in [-0.39, 0.29) is 11.5 Å². The number of likely N-dealkylation sites (tertiary alicyclic amines) is 1. The lowest BCUT2D eigenvalue weighted by molar-refractivity contribution is 0.0600. The van der Waals surface area contributed by atoms with Gasteiger partial charge in [0, 0.05) is 25.7 Å². The van der Waals surface area contributed by atoms with Crippen molar-refractivity contribution in [3.8, 4) is 11.5 Å². The third-order valence-electron chi connectivity index (χ3n) is 4.67. The van der Waals surface area contributed by atoms with Gasteiger partial charge in [0.25, 0.3) is 0 Å². The molecule has 0 radical (unpaired) electrons. The molecule has 2 fully saturated rings. The van der Waals surface area contributed by atoms with Gasteiger partial charge in [0.05, 0.1) is 0 Å². The summed E-state index contributed by atoms with van der Waals surface area (Å²) in [4.78, 5) is 2.46. The number of aromatic hydroxyl groups is 2. The summed E-state index contributed by atoms with van der Waals surface area (Å²) in [7, 11) is 0. The van der Waals surface area contributed by atoms with E-state index in [1.165, 1.54) is 31.7 Å². The number of phenolic OH excluding ortho intramolecular Hbond substituents is 2. The summed E-state index contributed by atoms with van der Waals surface area (Å²) in [6.45, 7) is 5.33. The fourth-order valence-electron chi connectivity index (χ4n) is 3.83. The van der Waals surface area contributed by atoms with Gasteiger partial charge in [-0.15, -0.1) is 0 Å². The van der Waals surface area contributed by atoms with E-state index in [9.17, 15) is 10.2 Å². The van der Waals surface area contributed by atoms with Gasteiger partial charge < -0.3 is 15.5 Å². The molecular weight excluding hydrogens is 252 g/mol. The second-order valence-electron chi connectivity index (χ2n) is 6.45. The molecule has 1 unspecified atom stereocenters. The van der Waals surface area contributed by atoms with Crippen molar-refractivity contribution in [3.05, 3.63) is 23.8 Å². The van der Waals surface area contributed by atoms with Crippen LogP contribution in [-0.2, 0) is 6.54 Å². The summed E-state index contributed by atoms with van der Waals surface area (Å²) >= 11 is 0. The Hall–Kier alpha value is -1.26. The molecule has 1 aromatic carbocycles. The molecule has 2 aliphatic rings. The van der Waals surface area contributed by atoms with Crippen molar-refractivity contribution in [2.75, 3.05) is 26.2 Å². The standard InChI is InChI=1S/C16H24N2O2/c19-14-7-13(8-15(20)9-14)10-18-6-2-4-16(12-18)3-1-5-17-11-16/h7-9,17,19-20H,1-6,10-12H2. The van der Waals surface area contributed by atoms with E-state index in [2.05, 4.69) is 10.2 Å². The number of hydrogen-bond acceptors (Lipinski definition) is 4. The molecule has 3 rings (SSSR count). The number of phenols is 2. The van der Waals surface area contributed by atoms with Gasteiger partial charge in [-0.1, -0.05) is 0 Å². The highest BCUT2D eigenvalue weighted by Gasteiger charge is 2.36. The first-order chi connectivity index (χ1) is 9.65. The molecule has 1 spiro atoms. The van der Waals surface area contributed by atoms with Crippen molar-refractivity contribution < 1.29 is 10.2 Å². The van der Waals surface area contributed by atoms with Gasteiger partial charge in [0.1, 0.15) is 11.5 Å². The van der Waals surface area contributed by atoms with Crippen LogP contribution in [0.3, 0.4) is 0 Å². The van der Waals surface area contributed by atoms with Gasteiger partial charge in [-0.3, -0.25) is 4.90 Å². The molecule has 0 amide bonds. The summed E-state index contributed by atoms with van der Waals surface area (Å²) in [5.74, 6) is 0.289. The van der Waals surface area contributed by atoms with Crippen LogP contribution in [0.1, 0.15) is 31.2 Å². The predicted molar refractivity (Wildman–Crippen MR) is 78.8 cm³/mol. The Morgan fingerprint density at radius 3 is 2.55 bits per heavy atom. The Morgan fingerprint density at radius 2 is 1.85 bits per heavy atom. The van der Waals surface area contributed by atoms with Crippen molar-refractivity contribution >= 4 is 0 Å². The maximum atomic E-state index is 9.58. The van der Waals surface area contributed by atoms with E-state index >= 15 is 0 Å². The van der Waals surface area contributed by atoms with Crippen molar-refractivity contribution in [1.29, 1.82) is 0 Å². The highest BCUT2D eigenvalue weighted by molar-refractivity contribution is 5.36. The summed E-state index contributed by atoms with van der Waals surface area (Å²) in [5, 5.41) is 22.7. The average molecular weight is 276 g/mol. The minimum atomic E-state index is 0.144. The van der Waals surface area contributed by atoms with Crippen LogP contribution >= 0.6 is 0 Å². The normalized spacial score (nSPS) is 27.8. The second-order valence-corrected chi connectivity index (χ2v) is 6.45. The number of benzene rings is 1. The fourth-order valence-corrected chi connectivity index (χ4v) is 3.83. The first kappa shape index (κ1) is 13.7. The molecule has 2 saturated heterocycles. The summed E-state index contributed by atoms with van der Waals surface area (Å²) in [5.41, 5.74) is 1.43. The Balaban J connectivity index is 1.67. The predicted octanol–water partition coefficient (Wildman–Crippen LogP) is 2.06. The lowest BCUT2D eigenvalue weighted by atomic mass is 9.74. The summed E-state index contributed by atoms with van der Waals surface area (Å²) < 4.78 is 0. The van der Waals surface area contributed by atoms with Gasteiger partial charge in [0.2, 0.25) is 0 Å². The van der Waals surface area contributed by atoms with Crippen LogP contribution in [0.25, 0.3) is 0 Å². The highest BCUT2D eigenvalue weighted by atomic mass is 16.3. The zero-order valence-electron chi connectivity index (χ0n) is 11.9. The zero-order chi connectivity index (χ0) is 14.0. The third-order valence-corrected chi connectivity index (χ3v) is 4.67. The topological polar surface area (TPSA) is 55.7 Å². The number of nitrogens with one attached hydrogen (secondary N) is 1. The molecule has 2 heterocycles. The molecule has 0 aromatic heterocycles. The molecular formula is C16H24N2O2. The largest absolute Gasteiger partial charge is 0.508 e. The first-order valence-electron chi connectivity index (χ1n) is 7.60. The van der Waals surface area contributed by atoms with Crippen LogP contribution in [0.5, 0.6) is 11.5 Å². The van der Waals surface area contributed by atoms with Crippen molar-refractivity contribution in [2.45, 2.75) is 32.2 Å². The van der Waals surface area contributed by atoms with E-state index in [0.717, 1.165) is 38.3 Å². The molecule has 2 aliphatic heterocycles. The van der Waals surface area contributed by atoms with Crippen molar-refractivity contribution in [2.24, 2.45) is 5.41 Å². The Morgan fingerprint density at radius 1 is 1.10 bits per heavy atom. The van der Waals surface area contributed by atoms with Crippen LogP contribution in [0.4, 0.5) is 0 Å². The van der Waals surface area contributed by atoms with Crippen LogP contribution < -0.4 is 5.32 Å². The maximum Gasteiger partial charge on any atom is 0.119 e. The Labute approximate surface area is 120 Å². The molecule has 4 heteroatoms. The van der Waals surface area contributed by atoms with Gasteiger partial charge in [-0.2, -0.15) is 0 Å². The molecule has 110 valence electrons. The van der Waals surface area contributed by atoms with Crippen LogP contribution in [0.15, 0.2) is 18.2 Å². The third kappa shape index (κ3) is 3.07. The number of piperidine rings is 2. The first-order valence-corrected chi connectivity index (χ1v) is 7.60.